The molecule has 2 aromatic heterocycles. The van der Waals surface area contributed by atoms with Crippen molar-refractivity contribution in [1.82, 2.24) is 9.97 Å². The van der Waals surface area contributed by atoms with E-state index in [1.807, 2.05) is 31.2 Å². The highest BCUT2D eigenvalue weighted by Crippen LogP contribution is 2.40. The van der Waals surface area contributed by atoms with Gasteiger partial charge in [0.1, 0.15) is 18.2 Å². The monoisotopic (exact) mass is 592 g/mol. The fourth-order valence-corrected chi connectivity index (χ4v) is 6.87. The van der Waals surface area contributed by atoms with Crippen molar-refractivity contribution in [3.8, 4) is 0 Å². The van der Waals surface area contributed by atoms with Crippen molar-refractivity contribution in [3.05, 3.63) is 73.8 Å². The van der Waals surface area contributed by atoms with E-state index < -0.39 is 22.3 Å². The van der Waals surface area contributed by atoms with Crippen molar-refractivity contribution in [2.75, 3.05) is 18.5 Å². The number of benzene rings is 1. The minimum atomic E-state index is -4.10. The number of carbonyl (C=O) groups is 1. The number of halogens is 1. The van der Waals surface area contributed by atoms with Gasteiger partial charge < -0.3 is 15.2 Å². The molecule has 0 bridgehead atoms. The van der Waals surface area contributed by atoms with Crippen molar-refractivity contribution in [1.29, 1.82) is 0 Å². The van der Waals surface area contributed by atoms with Gasteiger partial charge in [0.15, 0.2) is 0 Å². The van der Waals surface area contributed by atoms with E-state index in [0.29, 0.717) is 40.7 Å². The van der Waals surface area contributed by atoms with Crippen LogP contribution in [0.4, 0.5) is 5.82 Å². The van der Waals surface area contributed by atoms with Gasteiger partial charge in [-0.3, -0.25) is 8.98 Å². The quantitative estimate of drug-likeness (QED) is 0.317. The zero-order chi connectivity index (χ0) is 27.7. The van der Waals surface area contributed by atoms with Crippen LogP contribution in [-0.4, -0.2) is 54.6 Å². The number of rotatable bonds is 9. The van der Waals surface area contributed by atoms with E-state index in [2.05, 4.69) is 19.5 Å². The van der Waals surface area contributed by atoms with Gasteiger partial charge in [-0.25, -0.2) is 15.1 Å². The summed E-state index contributed by atoms with van der Waals surface area (Å²) in [7, 11) is -4.10. The number of nitrogens with one attached hydrogen (secondary N) is 1. The van der Waals surface area contributed by atoms with Crippen LogP contribution < -0.4 is 10.5 Å². The maximum atomic E-state index is 13.7. The lowest BCUT2D eigenvalue weighted by Gasteiger charge is -2.26. The summed E-state index contributed by atoms with van der Waals surface area (Å²) in [6, 6.07) is 7.49. The first-order chi connectivity index (χ1) is 18.6. The van der Waals surface area contributed by atoms with Crippen molar-refractivity contribution in [2.24, 2.45) is 11.1 Å². The Labute approximate surface area is 235 Å². The summed E-state index contributed by atoms with van der Waals surface area (Å²) in [4.78, 5) is 23.7. The summed E-state index contributed by atoms with van der Waals surface area (Å²) >= 11 is 7.72. The van der Waals surface area contributed by atoms with Crippen LogP contribution in [0.1, 0.15) is 62.7 Å². The van der Waals surface area contributed by atoms with E-state index in [0.717, 1.165) is 28.8 Å². The number of ketones is 1. The van der Waals surface area contributed by atoms with E-state index >= 15 is 0 Å². The van der Waals surface area contributed by atoms with E-state index in [9.17, 15) is 18.3 Å². The molecule has 39 heavy (non-hydrogen) atoms. The highest BCUT2D eigenvalue weighted by Gasteiger charge is 2.35. The Hall–Kier alpha value is -2.45. The molecule has 4 N–H and O–H groups in total. The molecule has 0 spiro atoms. The van der Waals surface area contributed by atoms with Gasteiger partial charge in [0.2, 0.25) is 5.78 Å². The second kappa shape index (κ2) is 11.6. The molecule has 0 unspecified atom stereocenters. The molecule has 0 radical (unpaired) electrons. The number of hydrogen-bond acceptors (Lipinski definition) is 10. The molecule has 3 heterocycles. The highest BCUT2D eigenvalue weighted by atomic mass is 35.5. The molecular formula is C26H29ClN4O6S2. The number of hydrogen-bond donors (Lipinski definition) is 3. The predicted molar refractivity (Wildman–Crippen MR) is 147 cm³/mol. The number of aliphatic hydroxyl groups is 1. The Morgan fingerprint density at radius 2 is 2.13 bits per heavy atom. The number of carbonyl (C=O) groups excluding carboxylic acids is 1. The van der Waals surface area contributed by atoms with Crippen molar-refractivity contribution in [3.63, 3.8) is 0 Å². The Kier molecular flexibility index (Phi) is 8.34. The SMILES string of the molecule is CCc1sc(C(=O)c2cncnc2N[C@@H]2C[C@H](COS(N)(=O)=O)[C@@H](O)C2)cc1[C@H]1OCCc2ccc(Cl)cc21. The zero-order valence-corrected chi connectivity index (χ0v) is 23.6. The molecule has 3 aromatic rings. The molecule has 0 saturated heterocycles. The lowest BCUT2D eigenvalue weighted by molar-refractivity contribution is 0.0696. The summed E-state index contributed by atoms with van der Waals surface area (Å²) in [5.74, 6) is -0.307. The summed E-state index contributed by atoms with van der Waals surface area (Å²) < 4.78 is 33.1. The number of nitrogens with zero attached hydrogens (tertiary/aromatic N) is 2. The Morgan fingerprint density at radius 3 is 2.90 bits per heavy atom. The third-order valence-corrected chi connectivity index (χ3v) is 9.11. The first-order valence-corrected chi connectivity index (χ1v) is 15.3. The fourth-order valence-electron chi connectivity index (χ4n) is 5.24. The van der Waals surface area contributed by atoms with Crippen LogP contribution in [0.15, 0.2) is 36.8 Å². The molecule has 4 atom stereocenters. The number of anilines is 1. The highest BCUT2D eigenvalue weighted by molar-refractivity contribution is 7.84. The van der Waals surface area contributed by atoms with E-state index in [1.54, 1.807) is 0 Å². The number of fused-ring (bicyclic) bond motifs is 1. The molecule has 2 aliphatic rings. The van der Waals surface area contributed by atoms with Crippen LogP contribution in [0.5, 0.6) is 0 Å². The number of nitrogens with two attached hydrogens (primary N) is 1. The maximum Gasteiger partial charge on any atom is 0.333 e. The predicted octanol–water partition coefficient (Wildman–Crippen LogP) is 3.42. The van der Waals surface area contributed by atoms with Gasteiger partial charge in [-0.05, 0) is 60.6 Å². The molecule has 1 aliphatic carbocycles. The zero-order valence-electron chi connectivity index (χ0n) is 21.2. The van der Waals surface area contributed by atoms with E-state index in [-0.39, 0.29) is 24.5 Å². The number of ether oxygens (including phenoxy) is 1. The molecule has 208 valence electrons. The molecular weight excluding hydrogens is 564 g/mol. The Balaban J connectivity index is 1.37. The molecule has 5 rings (SSSR count). The summed E-state index contributed by atoms with van der Waals surface area (Å²) in [6.45, 7) is 2.41. The first-order valence-electron chi connectivity index (χ1n) is 12.6. The third kappa shape index (κ3) is 6.32. The second-order valence-electron chi connectivity index (χ2n) is 9.72. The molecule has 1 fully saturated rings. The van der Waals surface area contributed by atoms with Crippen molar-refractivity contribution >= 4 is 44.8 Å². The average molecular weight is 593 g/mol. The van der Waals surface area contributed by atoms with Crippen molar-refractivity contribution < 1.29 is 27.2 Å². The lowest BCUT2D eigenvalue weighted by Crippen LogP contribution is -2.24. The molecule has 13 heteroatoms. The molecule has 10 nitrogen and oxygen atoms in total. The van der Waals surface area contributed by atoms with Crippen LogP contribution in [0.3, 0.4) is 0 Å². The van der Waals surface area contributed by atoms with Crippen LogP contribution in [0.25, 0.3) is 0 Å². The topological polar surface area (TPSA) is 154 Å². The Morgan fingerprint density at radius 1 is 1.31 bits per heavy atom. The largest absolute Gasteiger partial charge is 0.393 e. The first kappa shape index (κ1) is 28.1. The van der Waals surface area contributed by atoms with Gasteiger partial charge in [0.05, 0.1) is 29.8 Å². The normalized spacial score (nSPS) is 23.0. The number of thiophene rings is 1. The van der Waals surface area contributed by atoms with E-state index in [4.69, 9.17) is 21.5 Å². The molecule has 1 aromatic carbocycles. The van der Waals surface area contributed by atoms with Gasteiger partial charge in [0, 0.05) is 28.1 Å². The van der Waals surface area contributed by atoms with Crippen LogP contribution in [-0.2, 0) is 32.1 Å². The standard InChI is InChI=1S/C26H29ClN4O6S2/c1-2-22-19(25-18-8-16(27)4-3-14(18)5-6-36-25)10-23(38-22)24(33)20-11-29-13-30-26(20)31-17-7-15(21(32)9-17)12-37-39(28,34)35/h3-4,8,10-11,13,15,17,21,25,32H,2,5-7,9,12H2,1H3,(H2,28,34,35)(H,29,30,31)/t15-,17-,21+,25+/m1/s1. The molecule has 1 aliphatic heterocycles. The number of aromatic nitrogens is 2. The third-order valence-electron chi connectivity index (χ3n) is 7.12. The van der Waals surface area contributed by atoms with Crippen molar-refractivity contribution in [2.45, 2.75) is 50.9 Å². The van der Waals surface area contributed by atoms with Gasteiger partial charge in [-0.2, -0.15) is 8.42 Å². The molecule has 1 saturated carbocycles. The fraction of sp³-hybridized carbons (Fsp3) is 0.423. The summed E-state index contributed by atoms with van der Waals surface area (Å²) in [5.41, 5.74) is 3.47. The van der Waals surface area contributed by atoms with Crippen LogP contribution in [0.2, 0.25) is 5.02 Å². The van der Waals surface area contributed by atoms with Crippen LogP contribution >= 0.6 is 22.9 Å². The lowest BCUT2D eigenvalue weighted by atomic mass is 9.92. The summed E-state index contributed by atoms with van der Waals surface area (Å²) in [6.07, 6.45) is 4.02. The van der Waals surface area contributed by atoms with Gasteiger partial charge in [-0.15, -0.1) is 11.3 Å². The number of aliphatic hydroxyl groups excluding tert-OH is 1. The maximum absolute atomic E-state index is 13.7. The average Bonchev–Trinajstić information content (AvgIpc) is 3.49. The minimum Gasteiger partial charge on any atom is -0.393 e. The van der Waals surface area contributed by atoms with Crippen LogP contribution in [0, 0.1) is 5.92 Å². The number of aryl methyl sites for hydroxylation is 1. The van der Waals surface area contributed by atoms with E-state index in [1.165, 1.54) is 29.4 Å². The van der Waals surface area contributed by atoms with Gasteiger partial charge in [0.25, 0.3) is 0 Å². The summed E-state index contributed by atoms with van der Waals surface area (Å²) in [5, 5.41) is 19.2. The Bertz CT molecular complexity index is 1480. The van der Waals surface area contributed by atoms with Gasteiger partial charge >= 0.3 is 10.3 Å². The van der Waals surface area contributed by atoms with Gasteiger partial charge in [-0.1, -0.05) is 24.6 Å². The smallest absolute Gasteiger partial charge is 0.333 e. The minimum absolute atomic E-state index is 0.219. The second-order valence-corrected chi connectivity index (χ2v) is 12.5. The molecule has 0 amide bonds.